The van der Waals surface area contributed by atoms with Gasteiger partial charge in [0.05, 0.1) is 12.5 Å². The van der Waals surface area contributed by atoms with Gasteiger partial charge in [0.25, 0.3) is 0 Å². The first-order valence-electron chi connectivity index (χ1n) is 10.1. The first-order valence-corrected chi connectivity index (χ1v) is 10.1. The van der Waals surface area contributed by atoms with Gasteiger partial charge in [-0.2, -0.15) is 0 Å². The van der Waals surface area contributed by atoms with Gasteiger partial charge in [-0.1, -0.05) is 45.9 Å². The van der Waals surface area contributed by atoms with Crippen LogP contribution in [0, 0.1) is 16.6 Å². The molecule has 1 aromatic carbocycles. The van der Waals surface area contributed by atoms with Gasteiger partial charge in [0.2, 0.25) is 0 Å². The normalized spacial score (nSPS) is 27.6. The summed E-state index contributed by atoms with van der Waals surface area (Å²) in [5.41, 5.74) is 3.52. The number of hydrogen-bond donors (Lipinski definition) is 1. The van der Waals surface area contributed by atoms with E-state index in [1.165, 1.54) is 23.3 Å². The Labute approximate surface area is 167 Å². The minimum atomic E-state index is -0.650. The molecule has 3 rings (SSSR count). The Balaban J connectivity index is 2.04. The van der Waals surface area contributed by atoms with Crippen LogP contribution in [0.1, 0.15) is 65.4 Å². The molecule has 1 aliphatic heterocycles. The van der Waals surface area contributed by atoms with E-state index in [4.69, 9.17) is 4.74 Å². The third-order valence-corrected chi connectivity index (χ3v) is 6.00. The molecule has 1 aliphatic carbocycles. The standard InChI is InChI=1S/C24H31FO3/c1-23(2)11-12-24(3,4)21(10-9-19-13-18(26)14-22(27)28-19)20(15-23)16-5-7-17(25)8-6-16/h5-10,18-19,26H,11-15H2,1-4H3/t18-,19-/m0/s1. The smallest absolute Gasteiger partial charge is 0.309 e. The number of rotatable bonds is 3. The highest BCUT2D eigenvalue weighted by atomic mass is 19.1. The van der Waals surface area contributed by atoms with Crippen molar-refractivity contribution in [1.29, 1.82) is 0 Å². The minimum Gasteiger partial charge on any atom is -0.458 e. The van der Waals surface area contributed by atoms with Crippen LogP contribution in [0.25, 0.3) is 5.57 Å². The van der Waals surface area contributed by atoms with Crippen LogP contribution in [0.2, 0.25) is 0 Å². The van der Waals surface area contributed by atoms with Crippen LogP contribution >= 0.6 is 0 Å². The predicted octanol–water partition coefficient (Wildman–Crippen LogP) is 5.44. The Bertz CT molecular complexity index is 787. The fourth-order valence-electron chi connectivity index (χ4n) is 4.22. The number of aliphatic hydroxyl groups is 1. The molecule has 4 heteroatoms. The van der Waals surface area contributed by atoms with Gasteiger partial charge < -0.3 is 9.84 Å². The molecule has 1 heterocycles. The third kappa shape index (κ3) is 4.91. The first-order chi connectivity index (χ1) is 13.1. The summed E-state index contributed by atoms with van der Waals surface area (Å²) in [6.07, 6.45) is 6.43. The van der Waals surface area contributed by atoms with Crippen molar-refractivity contribution < 1.29 is 19.0 Å². The molecular weight excluding hydrogens is 355 g/mol. The number of aliphatic hydroxyl groups excluding tert-OH is 1. The van der Waals surface area contributed by atoms with Gasteiger partial charge in [-0.15, -0.1) is 0 Å². The summed E-state index contributed by atoms with van der Waals surface area (Å²) >= 11 is 0. The quantitative estimate of drug-likeness (QED) is 0.704. The highest BCUT2D eigenvalue weighted by Gasteiger charge is 2.34. The zero-order valence-electron chi connectivity index (χ0n) is 17.3. The van der Waals surface area contributed by atoms with E-state index in [1.54, 1.807) is 0 Å². The van der Waals surface area contributed by atoms with Crippen LogP contribution in [0.15, 0.2) is 42.0 Å². The Morgan fingerprint density at radius 2 is 1.82 bits per heavy atom. The molecule has 28 heavy (non-hydrogen) atoms. The molecule has 0 unspecified atom stereocenters. The number of carbonyl (C=O) groups is 1. The molecule has 0 amide bonds. The predicted molar refractivity (Wildman–Crippen MR) is 109 cm³/mol. The fraction of sp³-hybridized carbons (Fsp3) is 0.542. The van der Waals surface area contributed by atoms with Crippen molar-refractivity contribution >= 4 is 11.5 Å². The molecule has 2 aliphatic rings. The summed E-state index contributed by atoms with van der Waals surface area (Å²) in [5.74, 6) is -0.598. The summed E-state index contributed by atoms with van der Waals surface area (Å²) < 4.78 is 18.9. The zero-order valence-corrected chi connectivity index (χ0v) is 17.3. The van der Waals surface area contributed by atoms with Gasteiger partial charge in [0, 0.05) is 6.42 Å². The van der Waals surface area contributed by atoms with Crippen molar-refractivity contribution in [3.63, 3.8) is 0 Å². The van der Waals surface area contributed by atoms with E-state index in [0.717, 1.165) is 24.8 Å². The van der Waals surface area contributed by atoms with Gasteiger partial charge in [-0.25, -0.2) is 4.39 Å². The maximum absolute atomic E-state index is 13.5. The molecule has 1 fully saturated rings. The molecule has 0 saturated carbocycles. The lowest BCUT2D eigenvalue weighted by molar-refractivity contribution is -0.156. The van der Waals surface area contributed by atoms with Crippen LogP contribution < -0.4 is 0 Å². The molecule has 152 valence electrons. The monoisotopic (exact) mass is 386 g/mol. The number of cyclic esters (lactones) is 1. The molecule has 1 N–H and O–H groups in total. The average molecular weight is 387 g/mol. The molecule has 2 atom stereocenters. The molecular formula is C24H31FO3. The second-order valence-corrected chi connectivity index (χ2v) is 9.61. The Kier molecular flexibility index (Phi) is 5.81. The van der Waals surface area contributed by atoms with Crippen molar-refractivity contribution in [1.82, 2.24) is 0 Å². The summed E-state index contributed by atoms with van der Waals surface area (Å²) in [5, 5.41) is 9.88. The van der Waals surface area contributed by atoms with Gasteiger partial charge >= 0.3 is 5.97 Å². The highest BCUT2D eigenvalue weighted by Crippen LogP contribution is 2.49. The van der Waals surface area contributed by atoms with Crippen LogP contribution in [-0.4, -0.2) is 23.3 Å². The maximum Gasteiger partial charge on any atom is 0.309 e. The Morgan fingerprint density at radius 1 is 1.14 bits per heavy atom. The van der Waals surface area contributed by atoms with Crippen molar-refractivity contribution in [2.45, 2.75) is 72.0 Å². The van der Waals surface area contributed by atoms with Crippen LogP contribution in [-0.2, 0) is 9.53 Å². The summed E-state index contributed by atoms with van der Waals surface area (Å²) in [6, 6.07) is 6.71. The Hall–Kier alpha value is -1.94. The molecule has 0 bridgehead atoms. The topological polar surface area (TPSA) is 46.5 Å². The van der Waals surface area contributed by atoms with Crippen molar-refractivity contribution in [2.75, 3.05) is 0 Å². The number of ether oxygens (including phenoxy) is 1. The SMILES string of the molecule is CC1(C)CCC(C)(C)C(C=C[C@H]2C[C@H](O)CC(=O)O2)=C(c2ccc(F)cc2)C1. The lowest BCUT2D eigenvalue weighted by Gasteiger charge is -2.28. The average Bonchev–Trinajstić information content (AvgIpc) is 2.67. The molecule has 1 aromatic rings. The number of carbonyl (C=O) groups excluding carboxylic acids is 1. The summed E-state index contributed by atoms with van der Waals surface area (Å²) in [7, 11) is 0. The van der Waals surface area contributed by atoms with E-state index in [-0.39, 0.29) is 29.0 Å². The lowest BCUT2D eigenvalue weighted by Crippen LogP contribution is -2.31. The van der Waals surface area contributed by atoms with Gasteiger partial charge in [-0.3, -0.25) is 4.79 Å². The third-order valence-electron chi connectivity index (χ3n) is 6.00. The fourth-order valence-corrected chi connectivity index (χ4v) is 4.22. The molecule has 0 radical (unpaired) electrons. The number of halogens is 1. The van der Waals surface area contributed by atoms with E-state index >= 15 is 0 Å². The number of benzene rings is 1. The minimum absolute atomic E-state index is 0.0630. The van der Waals surface area contributed by atoms with Crippen molar-refractivity contribution in [3.05, 3.63) is 53.4 Å². The largest absolute Gasteiger partial charge is 0.458 e. The van der Waals surface area contributed by atoms with Crippen LogP contribution in [0.4, 0.5) is 4.39 Å². The lowest BCUT2D eigenvalue weighted by atomic mass is 9.77. The second-order valence-electron chi connectivity index (χ2n) is 9.61. The van der Waals surface area contributed by atoms with Gasteiger partial charge in [-0.05, 0) is 65.0 Å². The number of allylic oxidation sites excluding steroid dienone is 3. The van der Waals surface area contributed by atoms with Crippen molar-refractivity contribution in [2.24, 2.45) is 10.8 Å². The zero-order chi connectivity index (χ0) is 20.5. The molecule has 1 saturated heterocycles. The van der Waals surface area contributed by atoms with E-state index in [0.29, 0.717) is 6.42 Å². The number of esters is 1. The molecule has 0 spiro atoms. The maximum atomic E-state index is 13.5. The summed E-state index contributed by atoms with van der Waals surface area (Å²) in [6.45, 7) is 9.02. The van der Waals surface area contributed by atoms with Crippen molar-refractivity contribution in [3.8, 4) is 0 Å². The van der Waals surface area contributed by atoms with Gasteiger partial charge in [0.15, 0.2) is 0 Å². The van der Waals surface area contributed by atoms with E-state index in [9.17, 15) is 14.3 Å². The Morgan fingerprint density at radius 3 is 2.46 bits per heavy atom. The van der Waals surface area contributed by atoms with Crippen LogP contribution in [0.3, 0.4) is 0 Å². The van der Waals surface area contributed by atoms with E-state index in [1.807, 2.05) is 18.2 Å². The number of hydrogen-bond acceptors (Lipinski definition) is 3. The van der Waals surface area contributed by atoms with Crippen LogP contribution in [0.5, 0.6) is 0 Å². The van der Waals surface area contributed by atoms with Gasteiger partial charge in [0.1, 0.15) is 11.9 Å². The van der Waals surface area contributed by atoms with E-state index < -0.39 is 12.2 Å². The first kappa shape index (κ1) is 20.8. The van der Waals surface area contributed by atoms with E-state index in [2.05, 4.69) is 33.8 Å². The highest BCUT2D eigenvalue weighted by molar-refractivity contribution is 5.73. The molecule has 0 aromatic heterocycles. The molecule has 3 nitrogen and oxygen atoms in total. The second kappa shape index (κ2) is 7.82. The summed E-state index contributed by atoms with van der Waals surface area (Å²) in [4.78, 5) is 11.7.